The van der Waals surface area contributed by atoms with Gasteiger partial charge in [-0.3, -0.25) is 19.4 Å². The van der Waals surface area contributed by atoms with Gasteiger partial charge in [0.15, 0.2) is 0 Å². The van der Waals surface area contributed by atoms with E-state index in [1.807, 2.05) is 19.0 Å². The van der Waals surface area contributed by atoms with Crippen LogP contribution in [-0.4, -0.2) is 52.5 Å². The molecule has 1 aliphatic carbocycles. The second kappa shape index (κ2) is 6.61. The average Bonchev–Trinajstić information content (AvgIpc) is 3.02. The summed E-state index contributed by atoms with van der Waals surface area (Å²) < 4.78 is 1.45. The van der Waals surface area contributed by atoms with Crippen molar-refractivity contribution in [1.82, 2.24) is 19.4 Å². The number of anilines is 1. The van der Waals surface area contributed by atoms with E-state index < -0.39 is 0 Å². The summed E-state index contributed by atoms with van der Waals surface area (Å²) in [6.07, 6.45) is 4.87. The largest absolute Gasteiger partial charge is 0.348 e. The van der Waals surface area contributed by atoms with Gasteiger partial charge in [0.2, 0.25) is 5.95 Å². The number of carbonyl (C=O) groups is 1. The predicted molar refractivity (Wildman–Crippen MR) is 106 cm³/mol. The van der Waals surface area contributed by atoms with Gasteiger partial charge < -0.3 is 14.4 Å². The predicted octanol–water partition coefficient (Wildman–Crippen LogP) is 0.655. The van der Waals surface area contributed by atoms with Crippen LogP contribution in [-0.2, 0) is 18.9 Å². The molecular formula is C20H25N5O3. The second-order valence-electron chi connectivity index (χ2n) is 8.09. The van der Waals surface area contributed by atoms with Crippen molar-refractivity contribution in [1.29, 1.82) is 0 Å². The number of nitrogens with one attached hydrogen (secondary N) is 1. The number of aromatic nitrogens is 3. The molecule has 1 aliphatic heterocycles. The third kappa shape index (κ3) is 2.93. The van der Waals surface area contributed by atoms with Gasteiger partial charge in [-0.1, -0.05) is 0 Å². The number of amides is 1. The fourth-order valence-corrected chi connectivity index (χ4v) is 4.42. The number of hydrogen-bond donors (Lipinski definition) is 1. The Morgan fingerprint density at radius 1 is 1.29 bits per heavy atom. The number of H-pyrrole nitrogens is 1. The third-order valence-corrected chi connectivity index (χ3v) is 6.00. The number of nitrogens with zero attached hydrogens (tertiary/aromatic N) is 4. The lowest BCUT2D eigenvalue weighted by molar-refractivity contribution is 0.0633. The number of pyridine rings is 1. The Morgan fingerprint density at radius 2 is 2.07 bits per heavy atom. The number of fused-ring (bicyclic) bond motifs is 2. The maximum atomic E-state index is 13.0. The van der Waals surface area contributed by atoms with Crippen LogP contribution < -0.4 is 16.0 Å². The molecule has 0 radical (unpaired) electrons. The Labute approximate surface area is 162 Å². The molecular weight excluding hydrogens is 358 g/mol. The Balaban J connectivity index is 1.68. The first-order chi connectivity index (χ1) is 13.3. The topological polar surface area (TPSA) is 91.3 Å². The van der Waals surface area contributed by atoms with E-state index in [9.17, 15) is 14.4 Å². The number of piperidine rings is 1. The fraction of sp³-hybridized carbons (Fsp3) is 0.500. The minimum absolute atomic E-state index is 0.0828. The fourth-order valence-electron chi connectivity index (χ4n) is 4.42. The van der Waals surface area contributed by atoms with Crippen LogP contribution in [0.2, 0.25) is 0 Å². The number of rotatable bonds is 2. The van der Waals surface area contributed by atoms with E-state index in [1.54, 1.807) is 24.2 Å². The van der Waals surface area contributed by atoms with Crippen molar-refractivity contribution in [2.45, 2.75) is 31.1 Å². The Morgan fingerprint density at radius 3 is 2.79 bits per heavy atom. The molecule has 8 heteroatoms. The van der Waals surface area contributed by atoms with E-state index >= 15 is 0 Å². The molecule has 2 aromatic rings. The van der Waals surface area contributed by atoms with Crippen molar-refractivity contribution in [2.75, 3.05) is 32.1 Å². The highest BCUT2D eigenvalue weighted by Crippen LogP contribution is 2.43. The van der Waals surface area contributed by atoms with Crippen molar-refractivity contribution in [3.8, 4) is 0 Å². The molecule has 1 fully saturated rings. The molecule has 28 heavy (non-hydrogen) atoms. The lowest BCUT2D eigenvalue weighted by Crippen LogP contribution is -2.48. The summed E-state index contributed by atoms with van der Waals surface area (Å²) in [7, 11) is 5.35. The van der Waals surface area contributed by atoms with Crippen molar-refractivity contribution in [3.63, 3.8) is 0 Å². The SMILES string of the molecule is CN(C)c1nc2c(c(=O)[nH]1)CCC21CCCN(C(=O)c2ccn(C)c(=O)c2)C1. The van der Waals surface area contributed by atoms with Gasteiger partial charge in [-0.15, -0.1) is 0 Å². The Hall–Kier alpha value is -2.90. The Bertz CT molecular complexity index is 1050. The molecule has 1 saturated heterocycles. The number of carbonyl (C=O) groups excluding carboxylic acids is 1. The molecule has 1 N–H and O–H groups in total. The highest BCUT2D eigenvalue weighted by molar-refractivity contribution is 5.94. The van der Waals surface area contributed by atoms with Crippen molar-refractivity contribution in [2.24, 2.45) is 7.05 Å². The zero-order chi connectivity index (χ0) is 20.1. The Kier molecular flexibility index (Phi) is 4.36. The van der Waals surface area contributed by atoms with Crippen molar-refractivity contribution < 1.29 is 4.79 Å². The van der Waals surface area contributed by atoms with Gasteiger partial charge in [-0.25, -0.2) is 4.98 Å². The average molecular weight is 383 g/mol. The molecule has 0 aromatic carbocycles. The van der Waals surface area contributed by atoms with E-state index in [2.05, 4.69) is 4.98 Å². The molecule has 8 nitrogen and oxygen atoms in total. The number of likely N-dealkylation sites (tertiary alicyclic amines) is 1. The first kappa shape index (κ1) is 18.5. The van der Waals surface area contributed by atoms with Crippen LogP contribution in [0.25, 0.3) is 0 Å². The molecule has 148 valence electrons. The van der Waals surface area contributed by atoms with Crippen molar-refractivity contribution >= 4 is 11.9 Å². The summed E-state index contributed by atoms with van der Waals surface area (Å²) in [6, 6.07) is 3.07. The summed E-state index contributed by atoms with van der Waals surface area (Å²) in [6.45, 7) is 1.17. The maximum absolute atomic E-state index is 13.0. The quantitative estimate of drug-likeness (QED) is 0.822. The van der Waals surface area contributed by atoms with Gasteiger partial charge in [-0.2, -0.15) is 0 Å². The zero-order valence-electron chi connectivity index (χ0n) is 16.5. The minimum atomic E-state index is -0.290. The van der Waals surface area contributed by atoms with Gasteiger partial charge >= 0.3 is 0 Å². The monoisotopic (exact) mass is 383 g/mol. The van der Waals surface area contributed by atoms with E-state index in [0.717, 1.165) is 30.5 Å². The van der Waals surface area contributed by atoms with Gasteiger partial charge in [0.05, 0.1) is 5.69 Å². The van der Waals surface area contributed by atoms with Crippen LogP contribution in [0.5, 0.6) is 0 Å². The van der Waals surface area contributed by atoms with Gasteiger partial charge in [0.25, 0.3) is 17.0 Å². The van der Waals surface area contributed by atoms with Crippen LogP contribution in [0, 0.1) is 0 Å². The normalized spacial score (nSPS) is 21.0. The first-order valence-corrected chi connectivity index (χ1v) is 9.58. The lowest BCUT2D eigenvalue weighted by Gasteiger charge is -2.40. The number of aryl methyl sites for hydroxylation is 1. The summed E-state index contributed by atoms with van der Waals surface area (Å²) in [5, 5.41) is 0. The summed E-state index contributed by atoms with van der Waals surface area (Å²) in [4.78, 5) is 48.7. The smallest absolute Gasteiger partial charge is 0.255 e. The zero-order valence-corrected chi connectivity index (χ0v) is 16.5. The van der Waals surface area contributed by atoms with Crippen LogP contribution in [0.4, 0.5) is 5.95 Å². The van der Waals surface area contributed by atoms with Gasteiger partial charge in [-0.05, 0) is 31.7 Å². The van der Waals surface area contributed by atoms with Crippen LogP contribution >= 0.6 is 0 Å². The van der Waals surface area contributed by atoms with Crippen molar-refractivity contribution in [3.05, 3.63) is 55.9 Å². The molecule has 4 rings (SSSR count). The second-order valence-corrected chi connectivity index (χ2v) is 8.09. The molecule has 1 spiro atoms. The molecule has 3 heterocycles. The molecule has 0 bridgehead atoms. The molecule has 0 saturated carbocycles. The third-order valence-electron chi connectivity index (χ3n) is 6.00. The van der Waals surface area contributed by atoms with Crippen LogP contribution in [0.1, 0.15) is 40.9 Å². The highest BCUT2D eigenvalue weighted by atomic mass is 16.2. The number of hydrogen-bond acceptors (Lipinski definition) is 5. The van der Waals surface area contributed by atoms with E-state index in [-0.39, 0.29) is 22.4 Å². The summed E-state index contributed by atoms with van der Waals surface area (Å²) >= 11 is 0. The number of aromatic amines is 1. The molecule has 1 amide bonds. The molecule has 2 aromatic heterocycles. The molecule has 1 unspecified atom stereocenters. The minimum Gasteiger partial charge on any atom is -0.348 e. The first-order valence-electron chi connectivity index (χ1n) is 9.58. The van der Waals surface area contributed by atoms with E-state index in [0.29, 0.717) is 31.0 Å². The van der Waals surface area contributed by atoms with E-state index in [4.69, 9.17) is 4.98 Å². The van der Waals surface area contributed by atoms with E-state index in [1.165, 1.54) is 10.6 Å². The maximum Gasteiger partial charge on any atom is 0.255 e. The van der Waals surface area contributed by atoms with Gasteiger partial charge in [0.1, 0.15) is 0 Å². The standard InChI is InChI=1S/C20H25N5O3/c1-23(2)19-21-16-14(17(27)22-19)5-8-20(16)7-4-9-25(12-20)18(28)13-6-10-24(3)15(26)11-13/h6,10-11H,4-5,7-9,12H2,1-3H3,(H,21,22,27). The molecule has 1 atom stereocenters. The summed E-state index contributed by atoms with van der Waals surface area (Å²) in [5.41, 5.74) is 1.41. The lowest BCUT2D eigenvalue weighted by atomic mass is 9.77. The summed E-state index contributed by atoms with van der Waals surface area (Å²) in [5.74, 6) is 0.405. The van der Waals surface area contributed by atoms with Gasteiger partial charge in [0, 0.05) is 63.0 Å². The highest BCUT2D eigenvalue weighted by Gasteiger charge is 2.45. The van der Waals surface area contributed by atoms with Crippen LogP contribution in [0.15, 0.2) is 27.9 Å². The molecule has 2 aliphatic rings. The van der Waals surface area contributed by atoms with Crippen LogP contribution in [0.3, 0.4) is 0 Å².